The van der Waals surface area contributed by atoms with Crippen LogP contribution in [0.5, 0.6) is 0 Å². The van der Waals surface area contributed by atoms with Crippen molar-refractivity contribution >= 4 is 12.3 Å². The van der Waals surface area contributed by atoms with E-state index in [-0.39, 0.29) is 36.2 Å². The smallest absolute Gasteiger partial charge is 0.331 e. The summed E-state index contributed by atoms with van der Waals surface area (Å²) in [5.41, 5.74) is -2.60. The number of aliphatic hydroxyl groups excluding tert-OH is 2. The zero-order chi connectivity index (χ0) is 27.1. The summed E-state index contributed by atoms with van der Waals surface area (Å²) in [4.78, 5) is 24.7. The third-order valence-corrected chi connectivity index (χ3v) is 11.9. The Hall–Kier alpha value is -1.36. The second kappa shape index (κ2) is 9.08. The van der Waals surface area contributed by atoms with Gasteiger partial charge in [-0.05, 0) is 81.6 Å². The standard InChI is InChI=1S/C29H42O9/c1-16-25(33)22(31)12-24(37-16)38-18-3-8-27(15-30)20-4-7-26(2)19(17-11-23(32)36-14-17)6-10-29(26,35)21(20)5-9-28(27,34)13-18/h11,15-16,18-22,24-25,31,33-35H,3-10,12-14H2,1-2H3/t16?,18-,19+,20-,21+,22?,24-,25+,26+,27-,28-,29-/m0/s1. The fourth-order valence-electron chi connectivity index (χ4n) is 9.76. The van der Waals surface area contributed by atoms with E-state index >= 15 is 0 Å². The van der Waals surface area contributed by atoms with Gasteiger partial charge in [0.05, 0.1) is 34.9 Å². The molecule has 4 aliphatic carbocycles. The highest BCUT2D eigenvalue weighted by Gasteiger charge is 2.71. The SMILES string of the molecule is CC1O[C@@H](O[C@H]2CC[C@]3(C=O)[C@H]4CC[C@]5(C)[C@@H](C6=CC(=O)OC6)CC[C@]5(O)[C@@H]4CC[C@]3(O)C2)CC(O)[C@@H]1O. The van der Waals surface area contributed by atoms with E-state index in [1.807, 2.05) is 0 Å². The summed E-state index contributed by atoms with van der Waals surface area (Å²) < 4.78 is 17.1. The molecule has 2 aliphatic heterocycles. The molecule has 1 saturated heterocycles. The number of ether oxygens (including phenoxy) is 3. The van der Waals surface area contributed by atoms with Crippen LogP contribution in [0.1, 0.15) is 78.1 Å². The molecule has 0 aromatic carbocycles. The molecular weight excluding hydrogens is 492 g/mol. The maximum absolute atomic E-state index is 12.9. The van der Waals surface area contributed by atoms with E-state index in [4.69, 9.17) is 14.2 Å². The van der Waals surface area contributed by atoms with Gasteiger partial charge in [0.15, 0.2) is 6.29 Å². The van der Waals surface area contributed by atoms with Gasteiger partial charge in [-0.15, -0.1) is 0 Å². The topological polar surface area (TPSA) is 143 Å². The molecule has 12 atom stereocenters. The van der Waals surface area contributed by atoms with Crippen molar-refractivity contribution < 1.29 is 44.2 Å². The van der Waals surface area contributed by atoms with Gasteiger partial charge < -0.3 is 39.4 Å². The van der Waals surface area contributed by atoms with Crippen LogP contribution in [0.4, 0.5) is 0 Å². The van der Waals surface area contributed by atoms with Crippen LogP contribution >= 0.6 is 0 Å². The number of hydrogen-bond acceptors (Lipinski definition) is 9. The lowest BCUT2D eigenvalue weighted by Gasteiger charge is -2.65. The molecule has 0 aromatic rings. The van der Waals surface area contributed by atoms with E-state index in [1.165, 1.54) is 0 Å². The minimum atomic E-state index is -1.24. The molecule has 6 rings (SSSR count). The molecule has 0 spiro atoms. The van der Waals surface area contributed by atoms with Crippen LogP contribution in [0.3, 0.4) is 0 Å². The fraction of sp³-hybridized carbons (Fsp3) is 0.862. The second-order valence-corrected chi connectivity index (χ2v) is 13.3. The van der Waals surface area contributed by atoms with E-state index in [2.05, 4.69) is 6.92 Å². The van der Waals surface area contributed by atoms with Gasteiger partial charge in [0, 0.05) is 24.3 Å². The van der Waals surface area contributed by atoms with Crippen LogP contribution in [0.2, 0.25) is 0 Å². The summed E-state index contributed by atoms with van der Waals surface area (Å²) in [6.45, 7) is 4.13. The summed E-state index contributed by atoms with van der Waals surface area (Å²) in [5.74, 6) is -0.473. The molecular formula is C29H42O9. The molecule has 0 aromatic heterocycles. The third-order valence-electron chi connectivity index (χ3n) is 11.9. The molecule has 6 aliphatic rings. The Kier molecular flexibility index (Phi) is 6.41. The minimum absolute atomic E-state index is 0.0729. The molecule has 2 heterocycles. The Morgan fingerprint density at radius 1 is 1.05 bits per heavy atom. The van der Waals surface area contributed by atoms with Crippen molar-refractivity contribution in [3.63, 3.8) is 0 Å². The molecule has 9 nitrogen and oxygen atoms in total. The molecule has 0 radical (unpaired) electrons. The Labute approximate surface area is 223 Å². The minimum Gasteiger partial charge on any atom is -0.458 e. The first-order chi connectivity index (χ1) is 18.0. The highest BCUT2D eigenvalue weighted by molar-refractivity contribution is 5.85. The lowest BCUT2D eigenvalue weighted by molar-refractivity contribution is -0.286. The lowest BCUT2D eigenvalue weighted by Crippen LogP contribution is -2.69. The van der Waals surface area contributed by atoms with E-state index in [0.717, 1.165) is 31.1 Å². The number of aldehydes is 1. The molecule has 0 bridgehead atoms. The molecule has 38 heavy (non-hydrogen) atoms. The van der Waals surface area contributed by atoms with Gasteiger partial charge in [-0.25, -0.2) is 4.79 Å². The summed E-state index contributed by atoms with van der Waals surface area (Å²) in [5, 5.41) is 44.6. The molecule has 4 N–H and O–H groups in total. The number of cyclic esters (lactones) is 1. The average Bonchev–Trinajstić information content (AvgIpc) is 3.41. The maximum Gasteiger partial charge on any atom is 0.331 e. The van der Waals surface area contributed by atoms with Gasteiger partial charge in [-0.1, -0.05) is 6.92 Å². The van der Waals surface area contributed by atoms with E-state index < -0.39 is 46.6 Å². The van der Waals surface area contributed by atoms with Crippen molar-refractivity contribution in [1.82, 2.24) is 0 Å². The average molecular weight is 535 g/mol. The highest BCUT2D eigenvalue weighted by atomic mass is 16.7. The van der Waals surface area contributed by atoms with Crippen molar-refractivity contribution in [3.05, 3.63) is 11.6 Å². The van der Waals surface area contributed by atoms with Crippen molar-refractivity contribution in [2.75, 3.05) is 6.61 Å². The quantitative estimate of drug-likeness (QED) is 0.241. The normalized spacial score (nSPS) is 54.4. The number of hydrogen-bond donors (Lipinski definition) is 4. The molecule has 4 saturated carbocycles. The number of fused-ring (bicyclic) bond motifs is 5. The van der Waals surface area contributed by atoms with Gasteiger partial charge in [-0.2, -0.15) is 0 Å². The molecule has 9 heteroatoms. The lowest BCUT2D eigenvalue weighted by atomic mass is 9.41. The monoisotopic (exact) mass is 534 g/mol. The third kappa shape index (κ3) is 3.65. The first-order valence-corrected chi connectivity index (χ1v) is 14.4. The second-order valence-electron chi connectivity index (χ2n) is 13.3. The predicted octanol–water partition coefficient (Wildman–Crippen LogP) is 1.78. The number of esters is 1. The highest BCUT2D eigenvalue weighted by Crippen LogP contribution is 2.70. The molecule has 212 valence electrons. The zero-order valence-electron chi connectivity index (χ0n) is 22.4. The van der Waals surface area contributed by atoms with Crippen LogP contribution < -0.4 is 0 Å². The van der Waals surface area contributed by atoms with Crippen molar-refractivity contribution in [2.45, 2.75) is 120 Å². The summed E-state index contributed by atoms with van der Waals surface area (Å²) in [7, 11) is 0. The summed E-state index contributed by atoms with van der Waals surface area (Å²) >= 11 is 0. The van der Waals surface area contributed by atoms with Crippen molar-refractivity contribution in [3.8, 4) is 0 Å². The zero-order valence-corrected chi connectivity index (χ0v) is 22.4. The van der Waals surface area contributed by atoms with Crippen LogP contribution in [0, 0.1) is 28.6 Å². The number of rotatable bonds is 4. The van der Waals surface area contributed by atoms with Gasteiger partial charge >= 0.3 is 5.97 Å². The fourth-order valence-corrected chi connectivity index (χ4v) is 9.76. The number of carbonyl (C=O) groups is 2. The van der Waals surface area contributed by atoms with Crippen molar-refractivity contribution in [1.29, 1.82) is 0 Å². The van der Waals surface area contributed by atoms with Gasteiger partial charge in [-0.3, -0.25) is 0 Å². The van der Waals surface area contributed by atoms with E-state index in [9.17, 15) is 30.0 Å². The largest absolute Gasteiger partial charge is 0.458 e. The van der Waals surface area contributed by atoms with E-state index in [1.54, 1.807) is 13.0 Å². The molecule has 2 unspecified atom stereocenters. The summed E-state index contributed by atoms with van der Waals surface area (Å²) in [6, 6.07) is 0. The molecule has 0 amide bonds. The van der Waals surface area contributed by atoms with Gasteiger partial charge in [0.2, 0.25) is 0 Å². The van der Waals surface area contributed by atoms with Gasteiger partial charge in [0.25, 0.3) is 0 Å². The first-order valence-electron chi connectivity index (χ1n) is 14.4. The Bertz CT molecular complexity index is 1000. The van der Waals surface area contributed by atoms with Crippen molar-refractivity contribution in [2.24, 2.45) is 28.6 Å². The predicted molar refractivity (Wildman–Crippen MR) is 133 cm³/mol. The number of aliphatic hydroxyl groups is 4. The maximum atomic E-state index is 12.9. The van der Waals surface area contributed by atoms with Crippen LogP contribution in [-0.4, -0.2) is 81.2 Å². The van der Waals surface area contributed by atoms with Gasteiger partial charge in [0.1, 0.15) is 19.0 Å². The van der Waals surface area contributed by atoms with Crippen LogP contribution in [-0.2, 0) is 23.8 Å². The molecule has 5 fully saturated rings. The Morgan fingerprint density at radius 2 is 1.82 bits per heavy atom. The van der Waals surface area contributed by atoms with E-state index in [0.29, 0.717) is 45.1 Å². The number of carbonyl (C=O) groups excluding carboxylic acids is 2. The Balaban J connectivity index is 1.22. The Morgan fingerprint density at radius 3 is 2.50 bits per heavy atom. The van der Waals surface area contributed by atoms with Crippen LogP contribution in [0.25, 0.3) is 0 Å². The first kappa shape index (κ1) is 26.8. The summed E-state index contributed by atoms with van der Waals surface area (Å²) in [6.07, 6.45) is 4.50. The van der Waals surface area contributed by atoms with Crippen LogP contribution in [0.15, 0.2) is 11.6 Å².